The summed E-state index contributed by atoms with van der Waals surface area (Å²) in [5.41, 5.74) is 0.687. The maximum atomic E-state index is 9.35. The van der Waals surface area contributed by atoms with Crippen molar-refractivity contribution in [3.8, 4) is 17.6 Å². The van der Waals surface area contributed by atoms with Gasteiger partial charge in [-0.2, -0.15) is 5.26 Å². The van der Waals surface area contributed by atoms with Gasteiger partial charge in [0.05, 0.1) is 31.7 Å². The maximum Gasteiger partial charge on any atom is 0.123 e. The molecule has 4 heteroatoms. The lowest BCUT2D eigenvalue weighted by atomic mass is 9.90. The highest BCUT2D eigenvalue weighted by Crippen LogP contribution is 2.55. The van der Waals surface area contributed by atoms with Crippen molar-refractivity contribution in [1.82, 2.24) is 5.32 Å². The fourth-order valence-electron chi connectivity index (χ4n) is 2.39. The zero-order chi connectivity index (χ0) is 13.2. The van der Waals surface area contributed by atoms with Gasteiger partial charge in [0.25, 0.3) is 0 Å². The van der Waals surface area contributed by atoms with Crippen LogP contribution in [0.15, 0.2) is 18.2 Å². The first-order valence-corrected chi connectivity index (χ1v) is 6.01. The van der Waals surface area contributed by atoms with Crippen LogP contribution in [0.1, 0.15) is 24.4 Å². The molecule has 0 heterocycles. The molecule has 1 aromatic carbocycles. The van der Waals surface area contributed by atoms with Gasteiger partial charge in [-0.1, -0.05) is 0 Å². The number of nitrogens with one attached hydrogen (secondary N) is 1. The SMILES string of the molecule is CNC(c1cc(OC)ccc1OC)C1(C#N)CC1. The van der Waals surface area contributed by atoms with E-state index in [9.17, 15) is 5.26 Å². The van der Waals surface area contributed by atoms with Gasteiger partial charge in [-0.3, -0.25) is 0 Å². The molecule has 0 amide bonds. The maximum absolute atomic E-state index is 9.35. The van der Waals surface area contributed by atoms with Gasteiger partial charge in [-0.15, -0.1) is 0 Å². The van der Waals surface area contributed by atoms with Gasteiger partial charge in [0.15, 0.2) is 0 Å². The molecule has 1 N–H and O–H groups in total. The van der Waals surface area contributed by atoms with Crippen molar-refractivity contribution in [3.63, 3.8) is 0 Å². The first kappa shape index (κ1) is 12.7. The Hall–Kier alpha value is -1.73. The monoisotopic (exact) mass is 246 g/mol. The minimum atomic E-state index is -0.297. The van der Waals surface area contributed by atoms with Crippen molar-refractivity contribution in [2.24, 2.45) is 5.41 Å². The molecule has 0 aliphatic heterocycles. The topological polar surface area (TPSA) is 54.3 Å². The fraction of sp³-hybridized carbons (Fsp3) is 0.500. The zero-order valence-electron chi connectivity index (χ0n) is 11.0. The highest BCUT2D eigenvalue weighted by molar-refractivity contribution is 5.45. The van der Waals surface area contributed by atoms with Gasteiger partial charge in [0, 0.05) is 5.56 Å². The molecule has 18 heavy (non-hydrogen) atoms. The molecule has 4 nitrogen and oxygen atoms in total. The van der Waals surface area contributed by atoms with Crippen LogP contribution in [0.5, 0.6) is 11.5 Å². The third-order valence-corrected chi connectivity index (χ3v) is 3.60. The second-order valence-electron chi connectivity index (χ2n) is 4.60. The van der Waals surface area contributed by atoms with Gasteiger partial charge >= 0.3 is 0 Å². The van der Waals surface area contributed by atoms with Crippen molar-refractivity contribution in [2.45, 2.75) is 18.9 Å². The second kappa shape index (κ2) is 4.87. The van der Waals surface area contributed by atoms with Gasteiger partial charge in [-0.25, -0.2) is 0 Å². The van der Waals surface area contributed by atoms with Crippen LogP contribution in [0, 0.1) is 16.7 Å². The molecule has 1 unspecified atom stereocenters. The summed E-state index contributed by atoms with van der Waals surface area (Å²) in [6, 6.07) is 8.10. The number of methoxy groups -OCH3 is 2. The molecule has 1 fully saturated rings. The number of hydrogen-bond acceptors (Lipinski definition) is 4. The molecule has 0 aromatic heterocycles. The summed E-state index contributed by atoms with van der Waals surface area (Å²) in [7, 11) is 5.15. The second-order valence-corrected chi connectivity index (χ2v) is 4.60. The van der Waals surface area contributed by atoms with E-state index in [4.69, 9.17) is 9.47 Å². The number of ether oxygens (including phenoxy) is 2. The summed E-state index contributed by atoms with van der Waals surface area (Å²) in [4.78, 5) is 0. The minimum absolute atomic E-state index is 0.0208. The van der Waals surface area contributed by atoms with E-state index in [1.165, 1.54) is 0 Å². The zero-order valence-corrected chi connectivity index (χ0v) is 11.0. The molecule has 0 spiro atoms. The van der Waals surface area contributed by atoms with Gasteiger partial charge in [-0.05, 0) is 38.1 Å². The average molecular weight is 246 g/mol. The molecule has 1 aromatic rings. The largest absolute Gasteiger partial charge is 0.497 e. The molecular weight excluding hydrogens is 228 g/mol. The number of nitriles is 1. The van der Waals surface area contributed by atoms with E-state index in [1.54, 1.807) is 14.2 Å². The summed E-state index contributed by atoms with van der Waals surface area (Å²) >= 11 is 0. The molecule has 1 saturated carbocycles. The van der Waals surface area contributed by atoms with Crippen LogP contribution < -0.4 is 14.8 Å². The van der Waals surface area contributed by atoms with Crippen molar-refractivity contribution in [1.29, 1.82) is 5.26 Å². The van der Waals surface area contributed by atoms with E-state index in [0.29, 0.717) is 0 Å². The van der Waals surface area contributed by atoms with E-state index in [2.05, 4.69) is 11.4 Å². The van der Waals surface area contributed by atoms with Crippen LogP contribution >= 0.6 is 0 Å². The van der Waals surface area contributed by atoms with E-state index in [1.807, 2.05) is 25.2 Å². The summed E-state index contributed by atoms with van der Waals surface area (Å²) < 4.78 is 10.6. The standard InChI is InChI=1S/C14H18N2O2/c1-16-13(14(9-15)6-7-14)11-8-10(17-2)4-5-12(11)18-3/h4-5,8,13,16H,6-7H2,1-3H3. The number of hydrogen-bond donors (Lipinski definition) is 1. The van der Waals surface area contributed by atoms with Gasteiger partial charge in [0.2, 0.25) is 0 Å². The Kier molecular flexibility index (Phi) is 3.44. The van der Waals surface area contributed by atoms with Gasteiger partial charge < -0.3 is 14.8 Å². The highest BCUT2D eigenvalue weighted by Gasteiger charge is 2.51. The Labute approximate surface area is 108 Å². The predicted molar refractivity (Wildman–Crippen MR) is 68.6 cm³/mol. The lowest BCUT2D eigenvalue weighted by Gasteiger charge is -2.23. The molecule has 1 aliphatic carbocycles. The van der Waals surface area contributed by atoms with Crippen LogP contribution in [0.4, 0.5) is 0 Å². The molecule has 0 saturated heterocycles. The van der Waals surface area contributed by atoms with Crippen LogP contribution in [0.2, 0.25) is 0 Å². The van der Waals surface area contributed by atoms with Crippen molar-refractivity contribution >= 4 is 0 Å². The summed E-state index contributed by atoms with van der Waals surface area (Å²) in [6.07, 6.45) is 1.85. The Morgan fingerprint density at radius 3 is 2.50 bits per heavy atom. The predicted octanol–water partition coefficient (Wildman–Crippen LogP) is 2.27. The first-order chi connectivity index (χ1) is 8.70. The molecule has 0 bridgehead atoms. The lowest BCUT2D eigenvalue weighted by Crippen LogP contribution is -2.26. The quantitative estimate of drug-likeness (QED) is 0.866. The Morgan fingerprint density at radius 2 is 2.06 bits per heavy atom. The van der Waals surface area contributed by atoms with E-state index >= 15 is 0 Å². The number of rotatable bonds is 5. The Balaban J connectivity index is 2.44. The van der Waals surface area contributed by atoms with Crippen LogP contribution in [0.3, 0.4) is 0 Å². The number of benzene rings is 1. The summed E-state index contributed by atoms with van der Waals surface area (Å²) in [5, 5.41) is 12.6. The molecule has 1 aliphatic rings. The van der Waals surface area contributed by atoms with Crippen LogP contribution in [0.25, 0.3) is 0 Å². The first-order valence-electron chi connectivity index (χ1n) is 6.01. The molecule has 96 valence electrons. The molecule has 1 atom stereocenters. The Bertz CT molecular complexity index is 475. The van der Waals surface area contributed by atoms with Crippen LogP contribution in [-0.2, 0) is 0 Å². The minimum Gasteiger partial charge on any atom is -0.497 e. The van der Waals surface area contributed by atoms with E-state index in [0.717, 1.165) is 29.9 Å². The van der Waals surface area contributed by atoms with Crippen LogP contribution in [-0.4, -0.2) is 21.3 Å². The molecule has 2 rings (SSSR count). The lowest BCUT2D eigenvalue weighted by molar-refractivity contribution is 0.373. The summed E-state index contributed by atoms with van der Waals surface area (Å²) in [5.74, 6) is 1.57. The smallest absolute Gasteiger partial charge is 0.123 e. The van der Waals surface area contributed by atoms with E-state index < -0.39 is 0 Å². The van der Waals surface area contributed by atoms with Crippen molar-refractivity contribution in [2.75, 3.05) is 21.3 Å². The molecular formula is C14H18N2O2. The number of nitrogens with zero attached hydrogens (tertiary/aromatic N) is 1. The van der Waals surface area contributed by atoms with E-state index in [-0.39, 0.29) is 11.5 Å². The van der Waals surface area contributed by atoms with Crippen molar-refractivity contribution < 1.29 is 9.47 Å². The Morgan fingerprint density at radius 1 is 1.33 bits per heavy atom. The fourth-order valence-corrected chi connectivity index (χ4v) is 2.39. The highest BCUT2D eigenvalue weighted by atomic mass is 16.5. The third kappa shape index (κ3) is 2.02. The average Bonchev–Trinajstić information content (AvgIpc) is 3.20. The molecule has 0 radical (unpaired) electrons. The van der Waals surface area contributed by atoms with Gasteiger partial charge in [0.1, 0.15) is 11.5 Å². The summed E-state index contributed by atoms with van der Waals surface area (Å²) in [6.45, 7) is 0. The third-order valence-electron chi connectivity index (χ3n) is 3.60. The van der Waals surface area contributed by atoms with Crippen molar-refractivity contribution in [3.05, 3.63) is 23.8 Å². The normalized spacial score (nSPS) is 17.7.